The minimum Gasteiger partial charge on any atom is -0.304 e. The zero-order valence-corrected chi connectivity index (χ0v) is 12.1. The molecule has 0 saturated carbocycles. The van der Waals surface area contributed by atoms with Gasteiger partial charge in [0, 0.05) is 11.1 Å². The number of halogens is 1. The van der Waals surface area contributed by atoms with Crippen molar-refractivity contribution in [1.29, 1.82) is 0 Å². The summed E-state index contributed by atoms with van der Waals surface area (Å²) in [7, 11) is 0. The number of pyridine rings is 1. The highest BCUT2D eigenvalue weighted by molar-refractivity contribution is 6.30. The van der Waals surface area contributed by atoms with Crippen LogP contribution in [0, 0.1) is 0 Å². The van der Waals surface area contributed by atoms with Gasteiger partial charge in [0.25, 0.3) is 5.56 Å². The first-order valence-corrected chi connectivity index (χ1v) is 7.11. The second kappa shape index (κ2) is 5.98. The third kappa shape index (κ3) is 3.06. The van der Waals surface area contributed by atoms with E-state index in [4.69, 9.17) is 11.6 Å². The van der Waals surface area contributed by atoms with Crippen LogP contribution in [0.25, 0.3) is 11.3 Å². The Hall–Kier alpha value is -2.32. The van der Waals surface area contributed by atoms with Crippen molar-refractivity contribution in [3.05, 3.63) is 93.7 Å². The highest BCUT2D eigenvalue weighted by Gasteiger charge is 2.06. The molecule has 0 unspecified atom stereocenters. The van der Waals surface area contributed by atoms with Gasteiger partial charge in [-0.2, -0.15) is 0 Å². The van der Waals surface area contributed by atoms with Gasteiger partial charge in [0.2, 0.25) is 0 Å². The Labute approximate surface area is 128 Å². The Bertz CT molecular complexity index is 791. The van der Waals surface area contributed by atoms with Crippen molar-refractivity contribution in [3.8, 4) is 11.3 Å². The molecule has 3 heteroatoms. The van der Waals surface area contributed by atoms with Crippen LogP contribution in [0.5, 0.6) is 0 Å². The van der Waals surface area contributed by atoms with Gasteiger partial charge in [-0.05, 0) is 29.3 Å². The Kier molecular flexibility index (Phi) is 3.89. The maximum Gasteiger partial charge on any atom is 0.251 e. The average molecular weight is 296 g/mol. The van der Waals surface area contributed by atoms with E-state index in [1.54, 1.807) is 16.7 Å². The molecule has 0 amide bonds. The van der Waals surface area contributed by atoms with E-state index in [1.807, 2.05) is 60.7 Å². The first-order valence-electron chi connectivity index (χ1n) is 6.74. The van der Waals surface area contributed by atoms with Gasteiger partial charge in [-0.3, -0.25) is 4.79 Å². The summed E-state index contributed by atoms with van der Waals surface area (Å²) in [5, 5.41) is 0.697. The lowest BCUT2D eigenvalue weighted by atomic mass is 10.1. The third-order valence-corrected chi connectivity index (χ3v) is 3.63. The fourth-order valence-electron chi connectivity index (χ4n) is 2.32. The smallest absolute Gasteiger partial charge is 0.251 e. The van der Waals surface area contributed by atoms with Gasteiger partial charge in [-0.15, -0.1) is 0 Å². The molecule has 0 radical (unpaired) electrons. The Morgan fingerprint density at radius 2 is 1.52 bits per heavy atom. The number of benzene rings is 2. The number of rotatable bonds is 3. The highest BCUT2D eigenvalue weighted by Crippen LogP contribution is 2.18. The molecule has 0 spiro atoms. The average Bonchev–Trinajstić information content (AvgIpc) is 2.52. The van der Waals surface area contributed by atoms with Crippen molar-refractivity contribution in [2.45, 2.75) is 6.54 Å². The molecule has 0 aliphatic carbocycles. The summed E-state index contributed by atoms with van der Waals surface area (Å²) in [6.07, 6.45) is 0. The number of hydrogen-bond acceptors (Lipinski definition) is 1. The number of aromatic nitrogens is 1. The predicted molar refractivity (Wildman–Crippen MR) is 86.7 cm³/mol. The van der Waals surface area contributed by atoms with Crippen LogP contribution in [0.15, 0.2) is 77.6 Å². The molecule has 0 saturated heterocycles. The zero-order valence-electron chi connectivity index (χ0n) is 11.4. The fraction of sp³-hybridized carbons (Fsp3) is 0.0556. The zero-order chi connectivity index (χ0) is 14.7. The van der Waals surface area contributed by atoms with E-state index in [0.29, 0.717) is 11.6 Å². The Morgan fingerprint density at radius 1 is 0.810 bits per heavy atom. The second-order valence-corrected chi connectivity index (χ2v) is 5.26. The van der Waals surface area contributed by atoms with Gasteiger partial charge in [0.15, 0.2) is 0 Å². The molecule has 0 bridgehead atoms. The topological polar surface area (TPSA) is 22.0 Å². The molecule has 1 heterocycles. The van der Waals surface area contributed by atoms with Gasteiger partial charge in [-0.1, -0.05) is 60.1 Å². The van der Waals surface area contributed by atoms with Gasteiger partial charge < -0.3 is 4.57 Å². The lowest BCUT2D eigenvalue weighted by molar-refractivity contribution is 0.768. The van der Waals surface area contributed by atoms with Crippen molar-refractivity contribution in [2.24, 2.45) is 0 Å². The monoisotopic (exact) mass is 295 g/mol. The summed E-state index contributed by atoms with van der Waals surface area (Å²) < 4.78 is 1.78. The van der Waals surface area contributed by atoms with E-state index in [2.05, 4.69) is 0 Å². The molecule has 21 heavy (non-hydrogen) atoms. The Morgan fingerprint density at radius 3 is 2.24 bits per heavy atom. The molecule has 0 fully saturated rings. The van der Waals surface area contributed by atoms with Crippen molar-refractivity contribution >= 4 is 11.6 Å². The van der Waals surface area contributed by atoms with Crippen LogP contribution in [-0.4, -0.2) is 4.57 Å². The molecule has 0 aliphatic heterocycles. The lowest BCUT2D eigenvalue weighted by Gasteiger charge is -2.13. The van der Waals surface area contributed by atoms with E-state index in [9.17, 15) is 4.79 Å². The largest absolute Gasteiger partial charge is 0.304 e. The molecule has 3 rings (SSSR count). The summed E-state index contributed by atoms with van der Waals surface area (Å²) in [5.41, 5.74) is 2.98. The molecule has 0 N–H and O–H groups in total. The molecule has 104 valence electrons. The van der Waals surface area contributed by atoms with Crippen LogP contribution in [-0.2, 0) is 6.54 Å². The maximum atomic E-state index is 12.2. The van der Waals surface area contributed by atoms with Crippen molar-refractivity contribution in [2.75, 3.05) is 0 Å². The van der Waals surface area contributed by atoms with Crippen LogP contribution in [0.4, 0.5) is 0 Å². The quantitative estimate of drug-likeness (QED) is 0.709. The van der Waals surface area contributed by atoms with Crippen molar-refractivity contribution < 1.29 is 0 Å². The van der Waals surface area contributed by atoms with Gasteiger partial charge in [0.1, 0.15) is 0 Å². The number of hydrogen-bond donors (Lipinski definition) is 0. The molecule has 0 aliphatic rings. The van der Waals surface area contributed by atoms with Crippen molar-refractivity contribution in [1.82, 2.24) is 4.57 Å². The molecular formula is C18H14ClNO. The molecule has 0 atom stereocenters. The van der Waals surface area contributed by atoms with Crippen LogP contribution in [0.2, 0.25) is 5.02 Å². The van der Waals surface area contributed by atoms with Crippen LogP contribution in [0.3, 0.4) is 0 Å². The summed E-state index contributed by atoms with van der Waals surface area (Å²) >= 11 is 5.90. The van der Waals surface area contributed by atoms with Gasteiger partial charge in [0.05, 0.1) is 12.2 Å². The molecule has 3 aromatic rings. The van der Waals surface area contributed by atoms with Gasteiger partial charge in [-0.25, -0.2) is 0 Å². The van der Waals surface area contributed by atoms with E-state index >= 15 is 0 Å². The van der Waals surface area contributed by atoms with Crippen LogP contribution in [0.1, 0.15) is 5.56 Å². The summed E-state index contributed by atoms with van der Waals surface area (Å²) in [6.45, 7) is 0.529. The summed E-state index contributed by atoms with van der Waals surface area (Å²) in [4.78, 5) is 12.2. The first-order chi connectivity index (χ1) is 10.2. The molecule has 2 aromatic carbocycles. The minimum atomic E-state index is -0.00805. The SMILES string of the molecule is O=c1cccc(-c2ccccc2)n1Cc1ccc(Cl)cc1. The third-order valence-electron chi connectivity index (χ3n) is 3.37. The first kappa shape index (κ1) is 13.7. The Balaban J connectivity index is 2.06. The standard InChI is InChI=1S/C18H14ClNO/c19-16-11-9-14(10-12-16)13-20-17(7-4-8-18(20)21)15-5-2-1-3-6-15/h1-12H,13H2. The van der Waals surface area contributed by atoms with E-state index in [1.165, 1.54) is 0 Å². The van der Waals surface area contributed by atoms with Crippen LogP contribution < -0.4 is 5.56 Å². The van der Waals surface area contributed by atoms with E-state index in [-0.39, 0.29) is 5.56 Å². The minimum absolute atomic E-state index is 0.00805. The molecule has 1 aromatic heterocycles. The molecule has 2 nitrogen and oxygen atoms in total. The normalized spacial score (nSPS) is 10.5. The highest BCUT2D eigenvalue weighted by atomic mass is 35.5. The summed E-state index contributed by atoms with van der Waals surface area (Å²) in [6, 6.07) is 22.8. The van der Waals surface area contributed by atoms with Crippen molar-refractivity contribution in [3.63, 3.8) is 0 Å². The van der Waals surface area contributed by atoms with E-state index in [0.717, 1.165) is 16.8 Å². The maximum absolute atomic E-state index is 12.2. The predicted octanol–water partition coefficient (Wildman–Crippen LogP) is 4.22. The molecular weight excluding hydrogens is 282 g/mol. The van der Waals surface area contributed by atoms with E-state index < -0.39 is 0 Å². The van der Waals surface area contributed by atoms with Crippen LogP contribution >= 0.6 is 11.6 Å². The second-order valence-electron chi connectivity index (χ2n) is 4.83. The van der Waals surface area contributed by atoms with Gasteiger partial charge >= 0.3 is 0 Å². The summed E-state index contributed by atoms with van der Waals surface area (Å²) in [5.74, 6) is 0. The fourth-order valence-corrected chi connectivity index (χ4v) is 2.44. The number of nitrogens with zero attached hydrogens (tertiary/aromatic N) is 1. The lowest BCUT2D eigenvalue weighted by Crippen LogP contribution is -2.21.